The van der Waals surface area contributed by atoms with Gasteiger partial charge in [0.2, 0.25) is 11.6 Å². The Labute approximate surface area is 170 Å². The van der Waals surface area contributed by atoms with Gasteiger partial charge in [0.15, 0.2) is 0 Å². The molecule has 1 aromatic carbocycles. The summed E-state index contributed by atoms with van der Waals surface area (Å²) in [7, 11) is 1.58. The van der Waals surface area contributed by atoms with Crippen LogP contribution in [-0.4, -0.2) is 34.6 Å². The van der Waals surface area contributed by atoms with Crippen LogP contribution in [-0.2, 0) is 0 Å². The molecule has 1 saturated carbocycles. The SMILES string of the molecule is COc1cccc(Nc2ncnc(N3CC4(C)CC3CC(C)(C)C4)c2[N+](=O)[O-])c1. The van der Waals surface area contributed by atoms with Gasteiger partial charge in [-0.25, -0.2) is 9.97 Å². The lowest BCUT2D eigenvalue weighted by Crippen LogP contribution is -2.35. The van der Waals surface area contributed by atoms with Crippen molar-refractivity contribution in [2.45, 2.75) is 46.1 Å². The Bertz CT molecular complexity index is 948. The highest BCUT2D eigenvalue weighted by molar-refractivity contribution is 5.75. The maximum atomic E-state index is 12.0. The fraction of sp³-hybridized carbons (Fsp3) is 0.524. The normalized spacial score (nSPS) is 25.0. The topological polar surface area (TPSA) is 93.4 Å². The summed E-state index contributed by atoms with van der Waals surface area (Å²) in [5.74, 6) is 1.26. The quantitative estimate of drug-likeness (QED) is 0.584. The Hall–Kier alpha value is -2.90. The van der Waals surface area contributed by atoms with Crippen LogP contribution in [0.3, 0.4) is 0 Å². The fourth-order valence-corrected chi connectivity index (χ4v) is 5.38. The molecule has 1 saturated heterocycles. The summed E-state index contributed by atoms with van der Waals surface area (Å²) in [5, 5.41) is 15.1. The molecule has 2 heterocycles. The number of nitro groups is 1. The van der Waals surface area contributed by atoms with Gasteiger partial charge in [-0.05, 0) is 42.2 Å². The van der Waals surface area contributed by atoms with Crippen molar-refractivity contribution in [1.29, 1.82) is 0 Å². The average Bonchev–Trinajstić information content (AvgIpc) is 2.90. The first-order chi connectivity index (χ1) is 13.7. The van der Waals surface area contributed by atoms with Gasteiger partial charge in [-0.3, -0.25) is 10.1 Å². The average molecular weight is 397 g/mol. The Morgan fingerprint density at radius 2 is 2.07 bits per heavy atom. The number of aromatic nitrogens is 2. The van der Waals surface area contributed by atoms with Gasteiger partial charge in [-0.2, -0.15) is 0 Å². The van der Waals surface area contributed by atoms with E-state index in [2.05, 4.69) is 41.0 Å². The molecule has 0 radical (unpaired) electrons. The molecule has 4 rings (SSSR count). The Kier molecular flexibility index (Phi) is 4.59. The van der Waals surface area contributed by atoms with E-state index in [0.717, 1.165) is 25.8 Å². The Morgan fingerprint density at radius 1 is 1.28 bits per heavy atom. The molecule has 0 spiro atoms. The maximum absolute atomic E-state index is 12.0. The first kappa shape index (κ1) is 19.4. The van der Waals surface area contributed by atoms with Gasteiger partial charge in [0.05, 0.1) is 12.0 Å². The molecule has 8 heteroatoms. The first-order valence-electron chi connectivity index (χ1n) is 9.87. The zero-order chi connectivity index (χ0) is 20.8. The van der Waals surface area contributed by atoms with Crippen molar-refractivity contribution in [2.24, 2.45) is 10.8 Å². The molecule has 2 unspecified atom stereocenters. The summed E-state index contributed by atoms with van der Waals surface area (Å²) in [4.78, 5) is 22.3. The van der Waals surface area contributed by atoms with Crippen molar-refractivity contribution in [1.82, 2.24) is 9.97 Å². The molecular weight excluding hydrogens is 370 g/mol. The number of anilines is 3. The van der Waals surface area contributed by atoms with Crippen LogP contribution >= 0.6 is 0 Å². The summed E-state index contributed by atoms with van der Waals surface area (Å²) in [6.07, 6.45) is 4.56. The first-order valence-corrected chi connectivity index (χ1v) is 9.87. The molecule has 8 nitrogen and oxygen atoms in total. The van der Waals surface area contributed by atoms with Gasteiger partial charge in [0.25, 0.3) is 0 Å². The third-order valence-electron chi connectivity index (χ3n) is 6.00. The van der Waals surface area contributed by atoms with Crippen molar-refractivity contribution in [3.8, 4) is 5.75 Å². The largest absolute Gasteiger partial charge is 0.497 e. The monoisotopic (exact) mass is 397 g/mol. The Morgan fingerprint density at radius 3 is 2.79 bits per heavy atom. The molecule has 2 aliphatic rings. The van der Waals surface area contributed by atoms with Crippen LogP contribution in [0.4, 0.5) is 23.0 Å². The minimum Gasteiger partial charge on any atom is -0.497 e. The molecule has 2 fully saturated rings. The van der Waals surface area contributed by atoms with Gasteiger partial charge >= 0.3 is 5.69 Å². The molecule has 29 heavy (non-hydrogen) atoms. The summed E-state index contributed by atoms with van der Waals surface area (Å²) in [6.45, 7) is 7.62. The van der Waals surface area contributed by atoms with E-state index in [1.54, 1.807) is 13.2 Å². The van der Waals surface area contributed by atoms with Gasteiger partial charge in [0, 0.05) is 24.3 Å². The van der Waals surface area contributed by atoms with Crippen LogP contribution in [0.5, 0.6) is 5.75 Å². The highest BCUT2D eigenvalue weighted by Crippen LogP contribution is 2.54. The van der Waals surface area contributed by atoms with Crippen LogP contribution in [0.2, 0.25) is 0 Å². The number of hydrogen-bond donors (Lipinski definition) is 1. The van der Waals surface area contributed by atoms with E-state index in [-0.39, 0.29) is 33.3 Å². The highest BCUT2D eigenvalue weighted by Gasteiger charge is 2.51. The second-order valence-corrected chi connectivity index (χ2v) is 9.35. The molecular formula is C21H27N5O3. The van der Waals surface area contributed by atoms with E-state index in [0.29, 0.717) is 17.3 Å². The lowest BCUT2D eigenvalue weighted by molar-refractivity contribution is -0.383. The number of ether oxygens (including phenoxy) is 1. The number of fused-ring (bicyclic) bond motifs is 2. The lowest BCUT2D eigenvalue weighted by atomic mass is 9.65. The van der Waals surface area contributed by atoms with Crippen molar-refractivity contribution in [3.63, 3.8) is 0 Å². The lowest BCUT2D eigenvalue weighted by Gasteiger charge is -2.39. The van der Waals surface area contributed by atoms with Crippen molar-refractivity contribution in [3.05, 3.63) is 40.7 Å². The van der Waals surface area contributed by atoms with Crippen LogP contribution in [0.25, 0.3) is 0 Å². The minimum absolute atomic E-state index is 0.0794. The van der Waals surface area contributed by atoms with Crippen LogP contribution < -0.4 is 15.0 Å². The summed E-state index contributed by atoms with van der Waals surface area (Å²) < 4.78 is 5.24. The van der Waals surface area contributed by atoms with E-state index in [1.807, 2.05) is 18.2 Å². The standard InChI is InChI=1S/C21H27N5O3/c1-20(2)9-15-10-21(3,11-20)12-25(15)19-17(26(27)28)18(22-13-23-19)24-14-6-5-7-16(8-14)29-4/h5-8,13,15H,9-12H2,1-4H3,(H,22,23,24). The smallest absolute Gasteiger partial charge is 0.353 e. The van der Waals surface area contributed by atoms with E-state index in [1.165, 1.54) is 6.33 Å². The number of rotatable bonds is 5. The van der Waals surface area contributed by atoms with E-state index < -0.39 is 0 Å². The molecule has 0 amide bonds. The summed E-state index contributed by atoms with van der Waals surface area (Å²) in [6, 6.07) is 7.49. The van der Waals surface area contributed by atoms with Gasteiger partial charge < -0.3 is 15.0 Å². The van der Waals surface area contributed by atoms with E-state index >= 15 is 0 Å². The van der Waals surface area contributed by atoms with E-state index in [4.69, 9.17) is 4.74 Å². The van der Waals surface area contributed by atoms with Crippen LogP contribution in [0.1, 0.15) is 40.0 Å². The summed E-state index contributed by atoms with van der Waals surface area (Å²) in [5.41, 5.74) is 0.955. The molecule has 154 valence electrons. The number of nitrogens with one attached hydrogen (secondary N) is 1. The molecule has 1 aromatic heterocycles. The highest BCUT2D eigenvalue weighted by atomic mass is 16.6. The number of nitrogens with zero attached hydrogens (tertiary/aromatic N) is 4. The van der Waals surface area contributed by atoms with E-state index in [9.17, 15) is 10.1 Å². The maximum Gasteiger partial charge on any atom is 0.353 e. The fourth-order valence-electron chi connectivity index (χ4n) is 5.38. The van der Waals surface area contributed by atoms with Crippen LogP contribution in [0, 0.1) is 20.9 Å². The molecule has 1 N–H and O–H groups in total. The van der Waals surface area contributed by atoms with Gasteiger partial charge in [-0.1, -0.05) is 26.8 Å². The summed E-state index contributed by atoms with van der Waals surface area (Å²) >= 11 is 0. The second kappa shape index (κ2) is 6.86. The van der Waals surface area contributed by atoms with Gasteiger partial charge in [-0.15, -0.1) is 0 Å². The van der Waals surface area contributed by atoms with Crippen molar-refractivity contribution < 1.29 is 9.66 Å². The molecule has 2 aromatic rings. The molecule has 2 bridgehead atoms. The predicted molar refractivity (Wildman–Crippen MR) is 112 cm³/mol. The van der Waals surface area contributed by atoms with Crippen molar-refractivity contribution in [2.75, 3.05) is 23.9 Å². The number of hydrogen-bond acceptors (Lipinski definition) is 7. The van der Waals surface area contributed by atoms with Gasteiger partial charge in [0.1, 0.15) is 12.1 Å². The number of methoxy groups -OCH3 is 1. The third kappa shape index (κ3) is 3.71. The predicted octanol–water partition coefficient (Wildman–Crippen LogP) is 4.54. The van der Waals surface area contributed by atoms with Crippen LogP contribution in [0.15, 0.2) is 30.6 Å². The zero-order valence-corrected chi connectivity index (χ0v) is 17.3. The Balaban J connectivity index is 1.72. The van der Waals surface area contributed by atoms with Crippen molar-refractivity contribution >= 4 is 23.0 Å². The molecule has 1 aliphatic carbocycles. The minimum atomic E-state index is -0.381. The second-order valence-electron chi connectivity index (χ2n) is 9.35. The zero-order valence-electron chi connectivity index (χ0n) is 17.3. The third-order valence-corrected chi connectivity index (χ3v) is 6.00. The number of benzene rings is 1. The molecule has 2 atom stereocenters. The molecule has 1 aliphatic heterocycles.